The van der Waals surface area contributed by atoms with E-state index in [-0.39, 0.29) is 6.10 Å². The molecule has 0 aliphatic rings. The Hall–Kier alpha value is -1.10. The van der Waals surface area contributed by atoms with Gasteiger partial charge in [0, 0.05) is 24.9 Å². The zero-order valence-corrected chi connectivity index (χ0v) is 11.3. The van der Waals surface area contributed by atoms with Crippen LogP contribution >= 0.6 is 0 Å². The van der Waals surface area contributed by atoms with Crippen molar-refractivity contribution in [2.24, 2.45) is 0 Å². The van der Waals surface area contributed by atoms with E-state index in [9.17, 15) is 5.11 Å². The van der Waals surface area contributed by atoms with Crippen LogP contribution in [0.4, 0.5) is 5.69 Å². The summed E-state index contributed by atoms with van der Waals surface area (Å²) in [5.41, 5.74) is 2.07. The molecule has 4 heteroatoms. The molecule has 1 aromatic carbocycles. The smallest absolute Gasteiger partial charge is 0.0945 e. The number of rotatable bonds is 8. The van der Waals surface area contributed by atoms with Gasteiger partial charge in [-0.2, -0.15) is 0 Å². The van der Waals surface area contributed by atoms with E-state index in [1.54, 1.807) is 7.11 Å². The summed E-state index contributed by atoms with van der Waals surface area (Å²) in [6.07, 6.45) is -0.372. The van der Waals surface area contributed by atoms with E-state index < -0.39 is 6.10 Å². The number of methoxy groups -OCH3 is 1. The number of ether oxygens (including phenoxy) is 2. The second kappa shape index (κ2) is 8.08. The number of nitrogens with one attached hydrogen (secondary N) is 1. The Balaban J connectivity index is 2.42. The van der Waals surface area contributed by atoms with E-state index in [2.05, 4.69) is 5.32 Å². The number of aliphatic hydroxyl groups is 1. The number of para-hydroxylation sites is 1. The maximum Gasteiger partial charge on any atom is 0.0945 e. The second-order valence-corrected chi connectivity index (χ2v) is 4.51. The largest absolute Gasteiger partial charge is 0.389 e. The predicted octanol–water partition coefficient (Wildman–Crippen LogP) is 2.03. The van der Waals surface area contributed by atoms with Gasteiger partial charge in [-0.05, 0) is 19.9 Å². The van der Waals surface area contributed by atoms with Crippen molar-refractivity contribution in [3.05, 3.63) is 29.8 Å². The molecule has 0 aromatic heterocycles. The Morgan fingerprint density at radius 1 is 1.28 bits per heavy atom. The normalized spacial score (nSPS) is 12.7. The van der Waals surface area contributed by atoms with E-state index in [1.807, 2.05) is 38.1 Å². The van der Waals surface area contributed by atoms with E-state index in [4.69, 9.17) is 9.47 Å². The lowest BCUT2D eigenvalue weighted by Gasteiger charge is -2.16. The maximum absolute atomic E-state index is 9.76. The molecule has 4 nitrogen and oxygen atoms in total. The Morgan fingerprint density at radius 3 is 2.67 bits per heavy atom. The van der Waals surface area contributed by atoms with Crippen LogP contribution in [0, 0.1) is 0 Å². The van der Waals surface area contributed by atoms with Gasteiger partial charge in [0.15, 0.2) is 0 Å². The summed E-state index contributed by atoms with van der Waals surface area (Å²) >= 11 is 0. The first kappa shape index (κ1) is 15.0. The van der Waals surface area contributed by atoms with Crippen molar-refractivity contribution in [1.82, 2.24) is 0 Å². The van der Waals surface area contributed by atoms with Crippen LogP contribution in [0.15, 0.2) is 24.3 Å². The van der Waals surface area contributed by atoms with Crippen molar-refractivity contribution in [3.63, 3.8) is 0 Å². The molecule has 0 aliphatic carbocycles. The first-order chi connectivity index (χ1) is 8.63. The molecule has 0 bridgehead atoms. The summed E-state index contributed by atoms with van der Waals surface area (Å²) in [6, 6.07) is 7.91. The SMILES string of the molecule is COCc1ccccc1NCC(O)COC(C)C. The molecule has 1 aromatic rings. The first-order valence-electron chi connectivity index (χ1n) is 6.24. The Labute approximate surface area is 109 Å². The van der Waals surface area contributed by atoms with E-state index in [0.29, 0.717) is 19.8 Å². The molecule has 0 saturated carbocycles. The van der Waals surface area contributed by atoms with E-state index in [0.717, 1.165) is 11.3 Å². The minimum atomic E-state index is -0.511. The van der Waals surface area contributed by atoms with Crippen LogP contribution in [0.5, 0.6) is 0 Å². The summed E-state index contributed by atoms with van der Waals surface area (Å²) in [7, 11) is 1.67. The van der Waals surface area contributed by atoms with Crippen molar-refractivity contribution in [2.45, 2.75) is 32.7 Å². The number of benzene rings is 1. The van der Waals surface area contributed by atoms with Crippen LogP contribution in [0.3, 0.4) is 0 Å². The molecule has 2 N–H and O–H groups in total. The standard InChI is InChI=1S/C14H23NO3/c1-11(2)18-10-13(16)8-15-14-7-5-4-6-12(14)9-17-3/h4-7,11,13,15-16H,8-10H2,1-3H3. The highest BCUT2D eigenvalue weighted by Gasteiger charge is 2.07. The fraction of sp³-hybridized carbons (Fsp3) is 0.571. The second-order valence-electron chi connectivity index (χ2n) is 4.51. The molecular formula is C14H23NO3. The van der Waals surface area contributed by atoms with E-state index in [1.165, 1.54) is 0 Å². The number of aliphatic hydroxyl groups excluding tert-OH is 1. The van der Waals surface area contributed by atoms with Crippen molar-refractivity contribution in [2.75, 3.05) is 25.6 Å². The van der Waals surface area contributed by atoms with Gasteiger partial charge in [0.1, 0.15) is 0 Å². The quantitative estimate of drug-likeness (QED) is 0.744. The Morgan fingerprint density at radius 2 is 2.00 bits per heavy atom. The zero-order chi connectivity index (χ0) is 13.4. The summed E-state index contributed by atoms with van der Waals surface area (Å²) < 4.78 is 10.5. The molecule has 1 unspecified atom stereocenters. The molecule has 0 fully saturated rings. The van der Waals surface area contributed by atoms with Gasteiger partial charge in [0.25, 0.3) is 0 Å². The maximum atomic E-state index is 9.76. The molecule has 0 aliphatic heterocycles. The van der Waals surface area contributed by atoms with Crippen LogP contribution in [0.25, 0.3) is 0 Å². The van der Waals surface area contributed by atoms with Crippen molar-refractivity contribution < 1.29 is 14.6 Å². The summed E-state index contributed by atoms with van der Waals surface area (Å²) in [5.74, 6) is 0. The predicted molar refractivity (Wildman–Crippen MR) is 72.7 cm³/mol. The lowest BCUT2D eigenvalue weighted by Crippen LogP contribution is -2.26. The monoisotopic (exact) mass is 253 g/mol. The summed E-state index contributed by atoms with van der Waals surface area (Å²) in [6.45, 7) is 5.27. The van der Waals surface area contributed by atoms with Crippen molar-refractivity contribution >= 4 is 5.69 Å². The molecule has 0 radical (unpaired) electrons. The highest BCUT2D eigenvalue weighted by Crippen LogP contribution is 2.15. The third-order valence-electron chi connectivity index (χ3n) is 2.47. The zero-order valence-electron chi connectivity index (χ0n) is 11.3. The van der Waals surface area contributed by atoms with Crippen LogP contribution < -0.4 is 5.32 Å². The third kappa shape index (κ3) is 5.49. The highest BCUT2D eigenvalue weighted by molar-refractivity contribution is 5.50. The van der Waals surface area contributed by atoms with Crippen LogP contribution in [0.2, 0.25) is 0 Å². The summed E-state index contributed by atoms with van der Waals surface area (Å²) in [5, 5.41) is 13.0. The van der Waals surface area contributed by atoms with Gasteiger partial charge in [-0.15, -0.1) is 0 Å². The topological polar surface area (TPSA) is 50.7 Å². The van der Waals surface area contributed by atoms with Crippen LogP contribution in [-0.4, -0.2) is 37.6 Å². The number of hydrogen-bond donors (Lipinski definition) is 2. The van der Waals surface area contributed by atoms with Crippen molar-refractivity contribution in [3.8, 4) is 0 Å². The van der Waals surface area contributed by atoms with Gasteiger partial charge < -0.3 is 19.9 Å². The molecule has 0 heterocycles. The summed E-state index contributed by atoms with van der Waals surface area (Å²) in [4.78, 5) is 0. The molecule has 0 spiro atoms. The van der Waals surface area contributed by atoms with Gasteiger partial charge in [-0.3, -0.25) is 0 Å². The van der Waals surface area contributed by atoms with Gasteiger partial charge in [0.05, 0.1) is 25.4 Å². The van der Waals surface area contributed by atoms with Crippen LogP contribution in [0.1, 0.15) is 19.4 Å². The average molecular weight is 253 g/mol. The minimum absolute atomic E-state index is 0.139. The van der Waals surface area contributed by atoms with Gasteiger partial charge in [-0.25, -0.2) is 0 Å². The fourth-order valence-corrected chi connectivity index (χ4v) is 1.56. The molecule has 102 valence electrons. The first-order valence-corrected chi connectivity index (χ1v) is 6.24. The van der Waals surface area contributed by atoms with Gasteiger partial charge in [-0.1, -0.05) is 18.2 Å². The van der Waals surface area contributed by atoms with Crippen LogP contribution in [-0.2, 0) is 16.1 Å². The Bertz CT molecular complexity index is 342. The average Bonchev–Trinajstić information content (AvgIpc) is 2.35. The molecule has 0 amide bonds. The van der Waals surface area contributed by atoms with Gasteiger partial charge in [0.2, 0.25) is 0 Å². The van der Waals surface area contributed by atoms with Crippen molar-refractivity contribution in [1.29, 1.82) is 0 Å². The fourth-order valence-electron chi connectivity index (χ4n) is 1.56. The molecular weight excluding hydrogens is 230 g/mol. The number of hydrogen-bond acceptors (Lipinski definition) is 4. The lowest BCUT2D eigenvalue weighted by molar-refractivity contribution is 0.0112. The number of anilines is 1. The molecule has 1 rings (SSSR count). The Kier molecular flexibility index (Phi) is 6.72. The molecule has 18 heavy (non-hydrogen) atoms. The third-order valence-corrected chi connectivity index (χ3v) is 2.47. The highest BCUT2D eigenvalue weighted by atomic mass is 16.5. The van der Waals surface area contributed by atoms with E-state index >= 15 is 0 Å². The molecule has 0 saturated heterocycles. The minimum Gasteiger partial charge on any atom is -0.389 e. The van der Waals surface area contributed by atoms with Gasteiger partial charge >= 0.3 is 0 Å². The lowest BCUT2D eigenvalue weighted by atomic mass is 10.2. The molecule has 1 atom stereocenters.